The van der Waals surface area contributed by atoms with Crippen LogP contribution in [-0.4, -0.2) is 37.9 Å². The molecule has 1 unspecified atom stereocenters. The minimum atomic E-state index is -0.542. The van der Waals surface area contributed by atoms with E-state index in [0.717, 1.165) is 77.0 Å². The van der Waals surface area contributed by atoms with E-state index in [-0.39, 0.29) is 25.2 Å². The van der Waals surface area contributed by atoms with Gasteiger partial charge in [-0.1, -0.05) is 281 Å². The van der Waals surface area contributed by atoms with Crippen molar-refractivity contribution in [1.82, 2.24) is 0 Å². The topological polar surface area (TPSA) is 61.8 Å². The van der Waals surface area contributed by atoms with E-state index in [9.17, 15) is 9.59 Å². The van der Waals surface area contributed by atoms with Crippen molar-refractivity contribution in [3.63, 3.8) is 0 Å². The third-order valence-corrected chi connectivity index (χ3v) is 12.9. The fraction of sp³-hybridized carbons (Fsp3) is 0.836. The molecule has 0 spiro atoms. The van der Waals surface area contributed by atoms with Crippen molar-refractivity contribution in [2.45, 2.75) is 309 Å². The number of hydrogen-bond acceptors (Lipinski definition) is 5. The second-order valence-electron chi connectivity index (χ2n) is 19.5. The summed E-state index contributed by atoms with van der Waals surface area (Å²) in [5.41, 5.74) is 0. The average Bonchev–Trinajstić information content (AvgIpc) is 3.32. The number of esters is 2. The van der Waals surface area contributed by atoms with Gasteiger partial charge in [0.1, 0.15) is 6.61 Å². The molecular formula is C61H112O5. The Labute approximate surface area is 412 Å². The van der Waals surface area contributed by atoms with Crippen LogP contribution in [0.4, 0.5) is 0 Å². The van der Waals surface area contributed by atoms with Crippen LogP contribution >= 0.6 is 0 Å². The lowest BCUT2D eigenvalue weighted by molar-refractivity contribution is -0.163. The Bertz CT molecular complexity index is 1090. The number of hydrogen-bond donors (Lipinski definition) is 0. The van der Waals surface area contributed by atoms with E-state index in [1.54, 1.807) is 0 Å². The molecule has 0 aromatic heterocycles. The standard InChI is InChI=1S/C61H112O5/c1-4-7-10-13-16-19-22-25-28-30-32-35-38-41-44-47-50-53-56-64-57-59(66-61(63)55-52-49-46-43-40-37-33-27-24-21-18-15-12-9-6-3)58-65-60(62)54-51-48-45-42-39-36-34-31-29-26-23-20-17-14-11-8-5-2/h8,11,17,20,26,29,34,36,59H,4-7,9-10,12-16,18-19,21-25,27-28,30-33,35,37-58H2,1-3H3/b11-8-,20-17-,29-26-,36-34-. The molecule has 0 saturated carbocycles. The van der Waals surface area contributed by atoms with E-state index in [4.69, 9.17) is 14.2 Å². The van der Waals surface area contributed by atoms with Crippen molar-refractivity contribution in [3.8, 4) is 0 Å². The van der Waals surface area contributed by atoms with Gasteiger partial charge in [0.15, 0.2) is 6.10 Å². The van der Waals surface area contributed by atoms with Gasteiger partial charge in [-0.25, -0.2) is 0 Å². The van der Waals surface area contributed by atoms with E-state index < -0.39 is 6.10 Å². The second-order valence-corrected chi connectivity index (χ2v) is 19.5. The number of carbonyl (C=O) groups excluding carboxylic acids is 2. The first kappa shape index (κ1) is 63.9. The Morgan fingerprint density at radius 3 is 1.09 bits per heavy atom. The summed E-state index contributed by atoms with van der Waals surface area (Å²) < 4.78 is 17.5. The number of unbranched alkanes of at least 4 members (excludes halogenated alkanes) is 35. The van der Waals surface area contributed by atoms with Gasteiger partial charge in [-0.3, -0.25) is 9.59 Å². The van der Waals surface area contributed by atoms with Crippen LogP contribution in [0.2, 0.25) is 0 Å². The van der Waals surface area contributed by atoms with E-state index in [0.29, 0.717) is 19.4 Å². The maximum atomic E-state index is 12.9. The summed E-state index contributed by atoms with van der Waals surface area (Å²) in [6, 6.07) is 0. The molecule has 5 heteroatoms. The highest BCUT2D eigenvalue weighted by Gasteiger charge is 2.17. The first-order chi connectivity index (χ1) is 32.6. The number of rotatable bonds is 54. The van der Waals surface area contributed by atoms with E-state index >= 15 is 0 Å². The third-order valence-electron chi connectivity index (χ3n) is 12.9. The van der Waals surface area contributed by atoms with Crippen LogP contribution in [0.15, 0.2) is 48.6 Å². The zero-order valence-corrected chi connectivity index (χ0v) is 44.5. The van der Waals surface area contributed by atoms with Crippen molar-refractivity contribution < 1.29 is 23.8 Å². The lowest BCUT2D eigenvalue weighted by atomic mass is 10.0. The number of carbonyl (C=O) groups is 2. The molecule has 66 heavy (non-hydrogen) atoms. The molecule has 0 heterocycles. The molecule has 0 N–H and O–H groups in total. The Hall–Kier alpha value is -2.14. The molecular weight excluding hydrogens is 813 g/mol. The number of ether oxygens (including phenoxy) is 3. The Kier molecular flexibility index (Phi) is 55.3. The van der Waals surface area contributed by atoms with Gasteiger partial charge >= 0.3 is 11.9 Å². The van der Waals surface area contributed by atoms with Gasteiger partial charge in [-0.05, 0) is 57.8 Å². The van der Waals surface area contributed by atoms with Crippen molar-refractivity contribution in [3.05, 3.63) is 48.6 Å². The zero-order chi connectivity index (χ0) is 47.7. The van der Waals surface area contributed by atoms with Gasteiger partial charge in [0, 0.05) is 19.4 Å². The zero-order valence-electron chi connectivity index (χ0n) is 44.5. The second kappa shape index (κ2) is 57.2. The molecule has 0 aliphatic rings. The van der Waals surface area contributed by atoms with Crippen LogP contribution in [0.25, 0.3) is 0 Å². The highest BCUT2D eigenvalue weighted by molar-refractivity contribution is 5.70. The number of allylic oxidation sites excluding steroid dienone is 8. The average molecular weight is 926 g/mol. The lowest BCUT2D eigenvalue weighted by Gasteiger charge is -2.18. The summed E-state index contributed by atoms with van der Waals surface area (Å²) in [5, 5.41) is 0. The van der Waals surface area contributed by atoms with Gasteiger partial charge in [-0.2, -0.15) is 0 Å². The van der Waals surface area contributed by atoms with Gasteiger partial charge < -0.3 is 14.2 Å². The van der Waals surface area contributed by atoms with E-state index in [1.165, 1.54) is 193 Å². The van der Waals surface area contributed by atoms with Gasteiger partial charge in [0.05, 0.1) is 6.61 Å². The van der Waals surface area contributed by atoms with Gasteiger partial charge in [0.25, 0.3) is 0 Å². The fourth-order valence-corrected chi connectivity index (χ4v) is 8.56. The molecule has 0 aliphatic heterocycles. The SMILES string of the molecule is CC/C=C\C/C=C\C/C=C\C/C=C\CCCCCCC(=O)OCC(COCCCCCCCCCCCCCCCCCCCC)OC(=O)CCCCCCCCCCCCCCCCC. The highest BCUT2D eigenvalue weighted by atomic mass is 16.6. The van der Waals surface area contributed by atoms with Crippen LogP contribution in [0.3, 0.4) is 0 Å². The Balaban J connectivity index is 4.26. The van der Waals surface area contributed by atoms with E-state index in [2.05, 4.69) is 69.4 Å². The predicted octanol–water partition coefficient (Wildman–Crippen LogP) is 19.9. The molecule has 0 saturated heterocycles. The fourth-order valence-electron chi connectivity index (χ4n) is 8.56. The van der Waals surface area contributed by atoms with Crippen LogP contribution in [0.5, 0.6) is 0 Å². The van der Waals surface area contributed by atoms with Crippen LogP contribution in [-0.2, 0) is 23.8 Å². The molecule has 0 fully saturated rings. The first-order valence-corrected chi connectivity index (χ1v) is 29.2. The molecule has 386 valence electrons. The molecule has 0 aromatic rings. The minimum Gasteiger partial charge on any atom is -0.462 e. The van der Waals surface area contributed by atoms with Crippen molar-refractivity contribution in [1.29, 1.82) is 0 Å². The molecule has 0 bridgehead atoms. The third kappa shape index (κ3) is 54.5. The van der Waals surface area contributed by atoms with Crippen LogP contribution in [0, 0.1) is 0 Å². The summed E-state index contributed by atoms with van der Waals surface area (Å²) in [6.45, 7) is 7.75. The highest BCUT2D eigenvalue weighted by Crippen LogP contribution is 2.17. The molecule has 0 rings (SSSR count). The minimum absolute atomic E-state index is 0.0778. The van der Waals surface area contributed by atoms with Gasteiger partial charge in [0.2, 0.25) is 0 Å². The van der Waals surface area contributed by atoms with Crippen molar-refractivity contribution in [2.75, 3.05) is 19.8 Å². The quantitative estimate of drug-likeness (QED) is 0.0345. The molecule has 0 aromatic carbocycles. The molecule has 0 amide bonds. The lowest BCUT2D eigenvalue weighted by Crippen LogP contribution is -2.30. The summed E-state index contributed by atoms with van der Waals surface area (Å²) in [6.07, 6.45) is 71.3. The molecule has 5 nitrogen and oxygen atoms in total. The summed E-state index contributed by atoms with van der Waals surface area (Å²) in [7, 11) is 0. The molecule has 0 aliphatic carbocycles. The van der Waals surface area contributed by atoms with E-state index in [1.807, 2.05) is 0 Å². The maximum absolute atomic E-state index is 12.9. The normalized spacial score (nSPS) is 12.5. The Morgan fingerprint density at radius 1 is 0.348 bits per heavy atom. The van der Waals surface area contributed by atoms with Crippen molar-refractivity contribution in [2.24, 2.45) is 0 Å². The monoisotopic (exact) mass is 925 g/mol. The largest absolute Gasteiger partial charge is 0.462 e. The summed E-state index contributed by atoms with van der Waals surface area (Å²) in [5.74, 6) is -0.406. The summed E-state index contributed by atoms with van der Waals surface area (Å²) in [4.78, 5) is 25.5. The van der Waals surface area contributed by atoms with Crippen LogP contribution < -0.4 is 0 Å². The van der Waals surface area contributed by atoms with Crippen molar-refractivity contribution >= 4 is 11.9 Å². The predicted molar refractivity (Wildman–Crippen MR) is 288 cm³/mol. The first-order valence-electron chi connectivity index (χ1n) is 29.2. The maximum Gasteiger partial charge on any atom is 0.306 e. The summed E-state index contributed by atoms with van der Waals surface area (Å²) >= 11 is 0. The molecule has 1 atom stereocenters. The molecule has 0 radical (unpaired) electrons. The Morgan fingerprint density at radius 2 is 0.682 bits per heavy atom. The van der Waals surface area contributed by atoms with Crippen LogP contribution in [0.1, 0.15) is 303 Å². The van der Waals surface area contributed by atoms with Gasteiger partial charge in [-0.15, -0.1) is 0 Å². The smallest absolute Gasteiger partial charge is 0.306 e.